The van der Waals surface area contributed by atoms with Crippen molar-refractivity contribution in [3.63, 3.8) is 0 Å². The summed E-state index contributed by atoms with van der Waals surface area (Å²) in [5, 5.41) is 0.748. The zero-order valence-corrected chi connectivity index (χ0v) is 10.7. The van der Waals surface area contributed by atoms with Crippen LogP contribution in [-0.4, -0.2) is 6.10 Å². The van der Waals surface area contributed by atoms with Gasteiger partial charge in [0.1, 0.15) is 5.75 Å². The molecule has 1 aromatic carbocycles. The topological polar surface area (TPSA) is 35.2 Å². The maximum absolute atomic E-state index is 6.39. The molecule has 2 aliphatic rings. The molecule has 2 aliphatic carbocycles. The summed E-state index contributed by atoms with van der Waals surface area (Å²) < 4.78 is 6.02. The summed E-state index contributed by atoms with van der Waals surface area (Å²) in [6.45, 7) is 0. The first-order chi connectivity index (χ1) is 8.17. The van der Waals surface area contributed by atoms with Crippen LogP contribution in [0.3, 0.4) is 0 Å². The minimum absolute atomic E-state index is 0.204. The standard InChI is InChI=1S/C14H18ClNO/c15-10-5-6-13(17-11-3-1-4-11)12(9-10)14(16)7-2-8-14/h5-6,9,11H,1-4,7-8,16H2. The molecule has 2 fully saturated rings. The normalized spacial score (nSPS) is 22.7. The third kappa shape index (κ3) is 2.04. The van der Waals surface area contributed by atoms with Gasteiger partial charge in [0.2, 0.25) is 0 Å². The highest BCUT2D eigenvalue weighted by molar-refractivity contribution is 6.30. The Morgan fingerprint density at radius 3 is 2.53 bits per heavy atom. The molecule has 0 unspecified atom stereocenters. The number of ether oxygens (including phenoxy) is 1. The monoisotopic (exact) mass is 251 g/mol. The van der Waals surface area contributed by atoms with Crippen LogP contribution in [0, 0.1) is 0 Å². The summed E-state index contributed by atoms with van der Waals surface area (Å²) >= 11 is 6.08. The molecule has 1 aromatic rings. The maximum Gasteiger partial charge on any atom is 0.124 e. The molecule has 0 aromatic heterocycles. The van der Waals surface area contributed by atoms with Crippen LogP contribution in [0.4, 0.5) is 0 Å². The van der Waals surface area contributed by atoms with Crippen LogP contribution in [0.25, 0.3) is 0 Å². The van der Waals surface area contributed by atoms with Crippen molar-refractivity contribution < 1.29 is 4.74 Å². The lowest BCUT2D eigenvalue weighted by Gasteiger charge is -2.40. The molecule has 3 rings (SSSR count). The van der Waals surface area contributed by atoms with E-state index in [2.05, 4.69) is 0 Å². The molecule has 17 heavy (non-hydrogen) atoms. The van der Waals surface area contributed by atoms with Gasteiger partial charge in [-0.15, -0.1) is 0 Å². The molecule has 0 atom stereocenters. The smallest absolute Gasteiger partial charge is 0.124 e. The molecule has 0 saturated heterocycles. The molecular formula is C14H18ClNO. The number of benzene rings is 1. The molecule has 92 valence electrons. The largest absolute Gasteiger partial charge is 0.490 e. The summed E-state index contributed by atoms with van der Waals surface area (Å²) in [6.07, 6.45) is 7.27. The fourth-order valence-corrected chi connectivity index (χ4v) is 2.66. The Morgan fingerprint density at radius 1 is 1.24 bits per heavy atom. The molecule has 0 aliphatic heterocycles. The second kappa shape index (κ2) is 4.18. The van der Waals surface area contributed by atoms with E-state index in [1.165, 1.54) is 25.7 Å². The second-order valence-electron chi connectivity index (χ2n) is 5.32. The number of halogens is 1. The SMILES string of the molecule is NC1(c2cc(Cl)ccc2OC2CCC2)CCC1. The van der Waals surface area contributed by atoms with Crippen molar-refractivity contribution in [2.24, 2.45) is 5.73 Å². The van der Waals surface area contributed by atoms with E-state index in [0.29, 0.717) is 6.10 Å². The van der Waals surface area contributed by atoms with E-state index < -0.39 is 0 Å². The molecule has 0 heterocycles. The molecule has 3 heteroatoms. The van der Waals surface area contributed by atoms with Crippen LogP contribution in [-0.2, 0) is 5.54 Å². The summed E-state index contributed by atoms with van der Waals surface area (Å²) in [5.41, 5.74) is 7.29. The van der Waals surface area contributed by atoms with E-state index in [9.17, 15) is 0 Å². The predicted octanol–water partition coefficient (Wildman–Crippen LogP) is 3.61. The molecule has 0 amide bonds. The Hall–Kier alpha value is -0.730. The molecule has 2 N–H and O–H groups in total. The van der Waals surface area contributed by atoms with Gasteiger partial charge in [0.05, 0.1) is 6.10 Å². The van der Waals surface area contributed by atoms with E-state index in [-0.39, 0.29) is 5.54 Å². The highest BCUT2D eigenvalue weighted by Crippen LogP contribution is 2.44. The van der Waals surface area contributed by atoms with Crippen LogP contribution in [0.1, 0.15) is 44.1 Å². The van der Waals surface area contributed by atoms with Crippen LogP contribution in [0.15, 0.2) is 18.2 Å². The number of rotatable bonds is 3. The average molecular weight is 252 g/mol. The zero-order chi connectivity index (χ0) is 11.9. The molecule has 0 spiro atoms. The molecule has 2 saturated carbocycles. The Bertz CT molecular complexity index is 424. The summed E-state index contributed by atoms with van der Waals surface area (Å²) in [7, 11) is 0. The Balaban J connectivity index is 1.90. The Labute approximate surface area is 107 Å². The van der Waals surface area contributed by atoms with Crippen LogP contribution in [0.2, 0.25) is 5.02 Å². The Morgan fingerprint density at radius 2 is 2.00 bits per heavy atom. The third-order valence-electron chi connectivity index (χ3n) is 4.07. The minimum atomic E-state index is -0.204. The number of hydrogen-bond donors (Lipinski definition) is 1. The lowest BCUT2D eigenvalue weighted by atomic mass is 9.72. The van der Waals surface area contributed by atoms with E-state index in [0.717, 1.165) is 29.2 Å². The van der Waals surface area contributed by atoms with Gasteiger partial charge in [-0.25, -0.2) is 0 Å². The van der Waals surface area contributed by atoms with Crippen molar-refractivity contribution in [1.82, 2.24) is 0 Å². The summed E-state index contributed by atoms with van der Waals surface area (Å²) in [6, 6.07) is 5.85. The Kier molecular flexibility index (Phi) is 2.80. The van der Waals surface area contributed by atoms with Gasteiger partial charge in [0, 0.05) is 16.1 Å². The molecule has 0 bridgehead atoms. The predicted molar refractivity (Wildman–Crippen MR) is 69.4 cm³/mol. The first-order valence-electron chi connectivity index (χ1n) is 6.43. The average Bonchev–Trinajstić information content (AvgIpc) is 2.21. The van der Waals surface area contributed by atoms with Crippen molar-refractivity contribution in [3.05, 3.63) is 28.8 Å². The lowest BCUT2D eigenvalue weighted by molar-refractivity contribution is 0.114. The van der Waals surface area contributed by atoms with E-state index in [1.807, 2.05) is 18.2 Å². The molecular weight excluding hydrogens is 234 g/mol. The minimum Gasteiger partial charge on any atom is -0.490 e. The van der Waals surface area contributed by atoms with Gasteiger partial charge in [0.15, 0.2) is 0 Å². The fourth-order valence-electron chi connectivity index (χ4n) is 2.49. The van der Waals surface area contributed by atoms with Crippen LogP contribution in [0.5, 0.6) is 5.75 Å². The van der Waals surface area contributed by atoms with Gasteiger partial charge in [0.25, 0.3) is 0 Å². The van der Waals surface area contributed by atoms with Gasteiger partial charge in [-0.05, 0) is 56.7 Å². The highest BCUT2D eigenvalue weighted by atomic mass is 35.5. The lowest BCUT2D eigenvalue weighted by Crippen LogP contribution is -2.44. The zero-order valence-electron chi connectivity index (χ0n) is 9.92. The first-order valence-corrected chi connectivity index (χ1v) is 6.81. The fraction of sp³-hybridized carbons (Fsp3) is 0.571. The third-order valence-corrected chi connectivity index (χ3v) is 4.30. The van der Waals surface area contributed by atoms with Crippen LogP contribution < -0.4 is 10.5 Å². The summed E-state index contributed by atoms with van der Waals surface area (Å²) in [4.78, 5) is 0. The quantitative estimate of drug-likeness (QED) is 0.891. The van der Waals surface area contributed by atoms with Crippen molar-refractivity contribution in [3.8, 4) is 5.75 Å². The van der Waals surface area contributed by atoms with Crippen LogP contribution >= 0.6 is 11.6 Å². The van der Waals surface area contributed by atoms with Crippen molar-refractivity contribution in [2.75, 3.05) is 0 Å². The maximum atomic E-state index is 6.39. The second-order valence-corrected chi connectivity index (χ2v) is 5.76. The van der Waals surface area contributed by atoms with Crippen molar-refractivity contribution in [1.29, 1.82) is 0 Å². The van der Waals surface area contributed by atoms with Gasteiger partial charge in [-0.3, -0.25) is 0 Å². The van der Waals surface area contributed by atoms with Gasteiger partial charge < -0.3 is 10.5 Å². The number of nitrogens with two attached hydrogens (primary N) is 1. The van der Waals surface area contributed by atoms with E-state index in [1.54, 1.807) is 0 Å². The summed E-state index contributed by atoms with van der Waals surface area (Å²) in [5.74, 6) is 0.946. The van der Waals surface area contributed by atoms with E-state index in [4.69, 9.17) is 22.1 Å². The van der Waals surface area contributed by atoms with Gasteiger partial charge >= 0.3 is 0 Å². The first kappa shape index (κ1) is 11.4. The van der Waals surface area contributed by atoms with Gasteiger partial charge in [-0.2, -0.15) is 0 Å². The van der Waals surface area contributed by atoms with E-state index >= 15 is 0 Å². The number of hydrogen-bond acceptors (Lipinski definition) is 2. The molecule has 0 radical (unpaired) electrons. The van der Waals surface area contributed by atoms with Gasteiger partial charge in [-0.1, -0.05) is 11.6 Å². The van der Waals surface area contributed by atoms with Crippen molar-refractivity contribution in [2.45, 2.75) is 50.2 Å². The van der Waals surface area contributed by atoms with Crippen molar-refractivity contribution >= 4 is 11.6 Å². The molecule has 2 nitrogen and oxygen atoms in total. The highest BCUT2D eigenvalue weighted by Gasteiger charge is 2.37.